The Balaban J connectivity index is 1.83. The third-order valence-corrected chi connectivity index (χ3v) is 3.94. The molecule has 2 aromatic carbocycles. The van der Waals surface area contributed by atoms with Crippen LogP contribution in [0.5, 0.6) is 5.75 Å². The van der Waals surface area contributed by atoms with E-state index in [1.54, 1.807) is 36.4 Å². The van der Waals surface area contributed by atoms with E-state index in [1.807, 2.05) is 24.9 Å². The second-order valence-corrected chi connectivity index (χ2v) is 5.77. The lowest BCUT2D eigenvalue weighted by Gasteiger charge is -2.27. The van der Waals surface area contributed by atoms with Gasteiger partial charge in [0.1, 0.15) is 24.3 Å². The van der Waals surface area contributed by atoms with Crippen LogP contribution in [-0.4, -0.2) is 36.3 Å². The van der Waals surface area contributed by atoms with Gasteiger partial charge in [-0.1, -0.05) is 12.1 Å². The fourth-order valence-corrected chi connectivity index (χ4v) is 2.36. The summed E-state index contributed by atoms with van der Waals surface area (Å²) in [5, 5.41) is 18.9. The predicted octanol–water partition coefficient (Wildman–Crippen LogP) is 3.13. The van der Waals surface area contributed by atoms with Gasteiger partial charge >= 0.3 is 0 Å². The third kappa shape index (κ3) is 5.05. The lowest BCUT2D eigenvalue weighted by atomic mass is 10.1. The Hall–Kier alpha value is -2.42. The quantitative estimate of drug-likeness (QED) is 0.848. The average Bonchev–Trinajstić information content (AvgIpc) is 2.60. The first-order valence-electron chi connectivity index (χ1n) is 7.76. The number of nitrogens with zero attached hydrogens (tertiary/aromatic N) is 2. The lowest BCUT2D eigenvalue weighted by molar-refractivity contribution is 0.0654. The topological polar surface area (TPSA) is 56.5 Å². The molecule has 0 aromatic heterocycles. The van der Waals surface area contributed by atoms with Gasteiger partial charge in [-0.3, -0.25) is 4.90 Å². The number of nitriles is 1. The molecule has 0 fully saturated rings. The highest BCUT2D eigenvalue weighted by Gasteiger charge is 2.16. The fraction of sp³-hybridized carbons (Fsp3) is 0.316. The summed E-state index contributed by atoms with van der Waals surface area (Å²) < 4.78 is 18.5. The maximum absolute atomic E-state index is 13.0. The van der Waals surface area contributed by atoms with Crippen LogP contribution in [0, 0.1) is 17.1 Å². The Bertz CT molecular complexity index is 680. The van der Waals surface area contributed by atoms with Crippen LogP contribution in [-0.2, 0) is 0 Å². The second kappa shape index (κ2) is 8.44. The Labute approximate surface area is 141 Å². The molecule has 0 aliphatic carbocycles. The molecule has 126 valence electrons. The average molecular weight is 328 g/mol. The van der Waals surface area contributed by atoms with E-state index in [9.17, 15) is 9.50 Å². The monoisotopic (exact) mass is 328 g/mol. The maximum atomic E-state index is 13.0. The first-order chi connectivity index (χ1) is 11.5. The van der Waals surface area contributed by atoms with E-state index in [-0.39, 0.29) is 18.5 Å². The summed E-state index contributed by atoms with van der Waals surface area (Å²) in [6, 6.07) is 15.2. The zero-order valence-electron chi connectivity index (χ0n) is 13.8. The number of likely N-dealkylation sites (N-methyl/N-ethyl adjacent to an activating group) is 1. The van der Waals surface area contributed by atoms with E-state index < -0.39 is 6.10 Å². The van der Waals surface area contributed by atoms with Gasteiger partial charge in [-0.05, 0) is 55.9 Å². The van der Waals surface area contributed by atoms with Gasteiger partial charge in [0.25, 0.3) is 0 Å². The largest absolute Gasteiger partial charge is 0.491 e. The zero-order chi connectivity index (χ0) is 17.5. The van der Waals surface area contributed by atoms with Crippen LogP contribution in [0.2, 0.25) is 0 Å². The summed E-state index contributed by atoms with van der Waals surface area (Å²) in [5.41, 5.74) is 1.55. The van der Waals surface area contributed by atoms with Gasteiger partial charge in [0.2, 0.25) is 0 Å². The molecule has 0 aliphatic rings. The summed E-state index contributed by atoms with van der Waals surface area (Å²) in [6.07, 6.45) is -0.659. The van der Waals surface area contributed by atoms with Crippen molar-refractivity contribution in [1.29, 1.82) is 5.26 Å². The molecule has 4 nitrogen and oxygen atoms in total. The molecule has 0 spiro atoms. The van der Waals surface area contributed by atoms with Crippen molar-refractivity contribution in [3.05, 3.63) is 65.5 Å². The Kier molecular flexibility index (Phi) is 6.30. The van der Waals surface area contributed by atoms with Gasteiger partial charge < -0.3 is 9.84 Å². The number of hydrogen-bond acceptors (Lipinski definition) is 4. The van der Waals surface area contributed by atoms with Crippen molar-refractivity contribution in [2.75, 3.05) is 20.2 Å². The molecule has 0 aliphatic heterocycles. The highest BCUT2D eigenvalue weighted by atomic mass is 19.1. The van der Waals surface area contributed by atoms with Gasteiger partial charge in [-0.2, -0.15) is 5.26 Å². The SMILES string of the molecule is C[C@H](c1ccc(F)cc1)N(C)C[C@@H](O)COc1ccc(C#N)cc1. The predicted molar refractivity (Wildman–Crippen MR) is 90.1 cm³/mol. The van der Waals surface area contributed by atoms with Crippen molar-refractivity contribution in [2.24, 2.45) is 0 Å². The second-order valence-electron chi connectivity index (χ2n) is 5.77. The molecule has 1 N–H and O–H groups in total. The Morgan fingerprint density at radius 3 is 2.38 bits per heavy atom. The maximum Gasteiger partial charge on any atom is 0.123 e. The molecule has 2 atom stereocenters. The number of aliphatic hydroxyl groups excluding tert-OH is 1. The van der Waals surface area contributed by atoms with Gasteiger partial charge in [0.05, 0.1) is 11.6 Å². The van der Waals surface area contributed by atoms with Crippen LogP contribution in [0.1, 0.15) is 24.1 Å². The van der Waals surface area contributed by atoms with Crippen molar-refractivity contribution in [3.8, 4) is 11.8 Å². The Morgan fingerprint density at radius 2 is 1.79 bits per heavy atom. The van der Waals surface area contributed by atoms with E-state index in [4.69, 9.17) is 10.00 Å². The van der Waals surface area contributed by atoms with Gasteiger partial charge in [0.15, 0.2) is 0 Å². The minimum absolute atomic E-state index is 0.0511. The van der Waals surface area contributed by atoms with E-state index in [2.05, 4.69) is 0 Å². The molecule has 5 heteroatoms. The Morgan fingerprint density at radius 1 is 1.17 bits per heavy atom. The summed E-state index contributed by atoms with van der Waals surface area (Å²) in [4.78, 5) is 1.99. The number of aliphatic hydroxyl groups is 1. The molecule has 2 rings (SSSR count). The highest BCUT2D eigenvalue weighted by molar-refractivity contribution is 5.34. The third-order valence-electron chi connectivity index (χ3n) is 3.94. The van der Waals surface area contributed by atoms with Gasteiger partial charge in [-0.25, -0.2) is 4.39 Å². The number of benzene rings is 2. The number of rotatable bonds is 7. The summed E-state index contributed by atoms with van der Waals surface area (Å²) in [7, 11) is 1.90. The number of ether oxygens (including phenoxy) is 1. The lowest BCUT2D eigenvalue weighted by Crippen LogP contribution is -2.34. The normalized spacial score (nSPS) is 13.3. The molecule has 0 unspecified atom stereocenters. The van der Waals surface area contributed by atoms with Crippen molar-refractivity contribution in [2.45, 2.75) is 19.1 Å². The fourth-order valence-electron chi connectivity index (χ4n) is 2.36. The van der Waals surface area contributed by atoms with Gasteiger partial charge in [0, 0.05) is 12.6 Å². The smallest absolute Gasteiger partial charge is 0.123 e. The van der Waals surface area contributed by atoms with E-state index >= 15 is 0 Å². The minimum atomic E-state index is -0.659. The van der Waals surface area contributed by atoms with Crippen LogP contribution in [0.4, 0.5) is 4.39 Å². The van der Waals surface area contributed by atoms with Crippen molar-refractivity contribution >= 4 is 0 Å². The van der Waals surface area contributed by atoms with Crippen molar-refractivity contribution in [1.82, 2.24) is 4.90 Å². The molecular weight excluding hydrogens is 307 g/mol. The summed E-state index contributed by atoms with van der Waals surface area (Å²) in [5.74, 6) is 0.353. The molecule has 24 heavy (non-hydrogen) atoms. The molecule has 0 saturated carbocycles. The van der Waals surface area contributed by atoms with Crippen LogP contribution in [0.25, 0.3) is 0 Å². The molecule has 0 bridgehead atoms. The number of halogens is 1. The standard InChI is InChI=1S/C19H21FN2O2/c1-14(16-5-7-17(20)8-6-16)22(2)12-18(23)13-24-19-9-3-15(11-21)4-10-19/h3-10,14,18,23H,12-13H2,1-2H3/t14-,18-/m1/s1. The molecule has 0 radical (unpaired) electrons. The first-order valence-corrected chi connectivity index (χ1v) is 7.76. The van der Waals surface area contributed by atoms with Crippen LogP contribution in [0.3, 0.4) is 0 Å². The van der Waals surface area contributed by atoms with Crippen molar-refractivity contribution in [3.63, 3.8) is 0 Å². The molecule has 0 saturated heterocycles. The first kappa shape index (κ1) is 17.9. The zero-order valence-corrected chi connectivity index (χ0v) is 13.8. The molecular formula is C19H21FN2O2. The van der Waals surface area contributed by atoms with E-state index in [1.165, 1.54) is 12.1 Å². The highest BCUT2D eigenvalue weighted by Crippen LogP contribution is 2.19. The minimum Gasteiger partial charge on any atom is -0.491 e. The van der Waals surface area contributed by atoms with Crippen molar-refractivity contribution < 1.29 is 14.2 Å². The van der Waals surface area contributed by atoms with E-state index in [0.717, 1.165) is 5.56 Å². The molecule has 2 aromatic rings. The molecule has 0 heterocycles. The summed E-state index contributed by atoms with van der Waals surface area (Å²) in [6.45, 7) is 2.59. The molecule has 0 amide bonds. The van der Waals surface area contributed by atoms with E-state index in [0.29, 0.717) is 17.9 Å². The summed E-state index contributed by atoms with van der Waals surface area (Å²) >= 11 is 0. The van der Waals surface area contributed by atoms with Gasteiger partial charge in [-0.15, -0.1) is 0 Å². The van der Waals surface area contributed by atoms with Crippen LogP contribution >= 0.6 is 0 Å². The number of hydrogen-bond donors (Lipinski definition) is 1. The van der Waals surface area contributed by atoms with Crippen LogP contribution < -0.4 is 4.74 Å². The van der Waals surface area contributed by atoms with Crippen LogP contribution in [0.15, 0.2) is 48.5 Å².